The molecule has 2 aliphatic rings. The first-order valence-electron chi connectivity index (χ1n) is 11.1. The largest absolute Gasteiger partial charge is 0.471 e. The van der Waals surface area contributed by atoms with Gasteiger partial charge in [-0.3, -0.25) is 4.79 Å². The fourth-order valence-electron chi connectivity index (χ4n) is 4.39. The summed E-state index contributed by atoms with van der Waals surface area (Å²) in [5.41, 5.74) is 4.09. The van der Waals surface area contributed by atoms with Crippen molar-refractivity contribution in [2.45, 2.75) is 24.8 Å². The summed E-state index contributed by atoms with van der Waals surface area (Å²) in [6.45, 7) is 6.14. The fraction of sp³-hybridized carbons (Fsp3) is 0.292. The van der Waals surface area contributed by atoms with Crippen molar-refractivity contribution < 1.29 is 18.5 Å². The lowest BCUT2D eigenvalue weighted by molar-refractivity contribution is -0.0819. The Morgan fingerprint density at radius 1 is 1.12 bits per heavy atom. The molecule has 0 aliphatic carbocycles. The Balaban J connectivity index is 1.68. The summed E-state index contributed by atoms with van der Waals surface area (Å²) in [5.74, 6) is 0.247. The lowest BCUT2D eigenvalue weighted by atomic mass is 10.00. The van der Waals surface area contributed by atoms with Crippen molar-refractivity contribution in [1.82, 2.24) is 20.2 Å². The first-order valence-corrected chi connectivity index (χ1v) is 12.7. The number of nitrogens with one attached hydrogen (secondary N) is 2. The minimum Gasteiger partial charge on any atom is -0.471 e. The van der Waals surface area contributed by atoms with Crippen LogP contribution in [0.1, 0.15) is 21.5 Å². The van der Waals surface area contributed by atoms with E-state index in [0.29, 0.717) is 48.2 Å². The van der Waals surface area contributed by atoms with E-state index in [1.807, 2.05) is 32.0 Å². The van der Waals surface area contributed by atoms with E-state index in [1.165, 1.54) is 0 Å². The Bertz CT molecular complexity index is 1350. The van der Waals surface area contributed by atoms with Crippen molar-refractivity contribution in [2.75, 3.05) is 30.9 Å². The third-order valence-corrected chi connectivity index (χ3v) is 7.48. The second-order valence-corrected chi connectivity index (χ2v) is 10.5. The molecule has 2 aromatic carbocycles. The molecule has 0 saturated carbocycles. The van der Waals surface area contributed by atoms with Crippen LogP contribution in [0.5, 0.6) is 5.88 Å². The highest BCUT2D eigenvalue weighted by Gasteiger charge is 2.27. The van der Waals surface area contributed by atoms with Crippen LogP contribution in [0.2, 0.25) is 0 Å². The molecule has 1 amide bonds. The Morgan fingerprint density at radius 2 is 1.88 bits per heavy atom. The lowest BCUT2D eigenvalue weighted by Crippen LogP contribution is -2.44. The summed E-state index contributed by atoms with van der Waals surface area (Å²) in [4.78, 5) is 24.4. The zero-order valence-corrected chi connectivity index (χ0v) is 19.9. The van der Waals surface area contributed by atoms with Gasteiger partial charge in [0.15, 0.2) is 0 Å². The molecular weight excluding hydrogens is 452 g/mol. The Hall–Kier alpha value is -3.50. The van der Waals surface area contributed by atoms with Crippen LogP contribution in [0.4, 0.5) is 5.95 Å². The van der Waals surface area contributed by atoms with Crippen LogP contribution >= 0.6 is 0 Å². The Morgan fingerprint density at radius 3 is 2.68 bits per heavy atom. The van der Waals surface area contributed by atoms with E-state index in [1.54, 1.807) is 35.2 Å². The topological polar surface area (TPSA) is 122 Å². The first-order chi connectivity index (χ1) is 16.3. The van der Waals surface area contributed by atoms with Crippen molar-refractivity contribution in [3.8, 4) is 17.1 Å². The third-order valence-electron chi connectivity index (χ3n) is 6.04. The zero-order chi connectivity index (χ0) is 23.9. The van der Waals surface area contributed by atoms with Gasteiger partial charge in [0.05, 0.1) is 12.2 Å². The molecule has 3 aromatic rings. The predicted octanol–water partition coefficient (Wildman–Crippen LogP) is 1.18. The van der Waals surface area contributed by atoms with Crippen LogP contribution in [0.3, 0.4) is 0 Å². The first kappa shape index (κ1) is 22.3. The maximum absolute atomic E-state index is 13.5. The summed E-state index contributed by atoms with van der Waals surface area (Å²) in [5, 5.41) is 3.33. The number of hydrogen-bond donors (Lipinski definition) is 3. The van der Waals surface area contributed by atoms with E-state index in [0.717, 1.165) is 16.7 Å². The molecule has 1 aromatic heterocycles. The van der Waals surface area contributed by atoms with Gasteiger partial charge in [0.25, 0.3) is 15.8 Å². The van der Waals surface area contributed by atoms with E-state index in [9.17, 15) is 9.00 Å². The van der Waals surface area contributed by atoms with Crippen molar-refractivity contribution >= 4 is 21.8 Å². The molecule has 176 valence electrons. The minimum atomic E-state index is -3.29. The van der Waals surface area contributed by atoms with Gasteiger partial charge in [-0.05, 0) is 43.2 Å². The molecule has 1 fully saturated rings. The van der Waals surface area contributed by atoms with Gasteiger partial charge < -0.3 is 15.0 Å². The summed E-state index contributed by atoms with van der Waals surface area (Å²) in [6, 6.07) is 14.4. The standard InChI is InChI=1S/C24H26N6O3S/c1-15-5-3-6-16(2)22(15)20-12-21-28-24(27-20)29-34(25,32)19-8-4-7-17(11-19)23(31)30-10-9-26-13-18(14-30)33-21/h3-8,11-12,18,26H,9-10,13-14H2,1-2H3,(H2,25,27,28,29,32)/p+1. The van der Waals surface area contributed by atoms with Crippen molar-refractivity contribution in [3.63, 3.8) is 0 Å². The van der Waals surface area contributed by atoms with Crippen LogP contribution in [-0.4, -0.2) is 57.3 Å². The van der Waals surface area contributed by atoms with Gasteiger partial charge in [-0.2, -0.15) is 14.0 Å². The smallest absolute Gasteiger partial charge is 0.270 e. The molecule has 1 saturated heterocycles. The van der Waals surface area contributed by atoms with Gasteiger partial charge in [0, 0.05) is 36.8 Å². The second kappa shape index (κ2) is 8.69. The molecule has 2 aliphatic heterocycles. The predicted molar refractivity (Wildman–Crippen MR) is 129 cm³/mol. The maximum Gasteiger partial charge on any atom is 0.270 e. The van der Waals surface area contributed by atoms with Gasteiger partial charge >= 0.3 is 0 Å². The SMILES string of the molecule is Cc1cccc(C)c1-c1cc2nc(n1)NS(=[NH2+])(=O)c1cccc(c1)C(=O)N1CCNCC(C1)O2. The molecule has 2 atom stereocenters. The number of carbonyl (C=O) groups excluding carboxylic acids is 1. The molecule has 6 bridgehead atoms. The molecular formula is C24H27N6O3S+. The summed E-state index contributed by atoms with van der Waals surface area (Å²) < 4.78 is 28.8. The van der Waals surface area contributed by atoms with Crippen LogP contribution < -0.4 is 19.6 Å². The monoisotopic (exact) mass is 479 g/mol. The van der Waals surface area contributed by atoms with Crippen molar-refractivity contribution in [3.05, 3.63) is 65.2 Å². The van der Waals surface area contributed by atoms with E-state index >= 15 is 0 Å². The van der Waals surface area contributed by atoms with E-state index in [4.69, 9.17) is 9.52 Å². The highest BCUT2D eigenvalue weighted by molar-refractivity contribution is 7.92. The molecule has 0 spiro atoms. The Labute approximate surface area is 198 Å². The number of nitrogens with two attached hydrogens (primary N) is 1. The summed E-state index contributed by atoms with van der Waals surface area (Å²) in [6.07, 6.45) is -0.328. The molecule has 3 heterocycles. The zero-order valence-electron chi connectivity index (χ0n) is 19.1. The van der Waals surface area contributed by atoms with E-state index < -0.39 is 9.92 Å². The molecule has 9 nitrogen and oxygen atoms in total. The van der Waals surface area contributed by atoms with Crippen molar-refractivity contribution in [1.29, 1.82) is 0 Å². The molecule has 10 heteroatoms. The van der Waals surface area contributed by atoms with E-state index in [-0.39, 0.29) is 18.0 Å². The van der Waals surface area contributed by atoms with Gasteiger partial charge in [0.2, 0.25) is 11.8 Å². The molecule has 34 heavy (non-hydrogen) atoms. The molecule has 4 N–H and O–H groups in total. The number of aryl methyl sites for hydroxylation is 2. The number of nitrogens with zero attached hydrogens (tertiary/aromatic N) is 3. The molecule has 2 unspecified atom stereocenters. The van der Waals surface area contributed by atoms with Crippen LogP contribution in [-0.2, 0) is 9.92 Å². The van der Waals surface area contributed by atoms with E-state index in [2.05, 4.69) is 20.0 Å². The summed E-state index contributed by atoms with van der Waals surface area (Å²) in [7, 11) is -3.29. The van der Waals surface area contributed by atoms with Gasteiger partial charge in [0.1, 0.15) is 11.0 Å². The summed E-state index contributed by atoms with van der Waals surface area (Å²) >= 11 is 0. The Kier molecular flexibility index (Phi) is 5.70. The van der Waals surface area contributed by atoms with Gasteiger partial charge in [-0.15, -0.1) is 0 Å². The number of carbonyl (C=O) groups is 1. The average Bonchev–Trinajstić information content (AvgIpc) is 3.03. The number of rotatable bonds is 1. The van der Waals surface area contributed by atoms with Crippen LogP contribution in [0.25, 0.3) is 11.3 Å². The molecule has 5 rings (SSSR count). The normalized spacial score (nSPS) is 22.4. The number of amides is 1. The number of benzene rings is 2. The highest BCUT2D eigenvalue weighted by atomic mass is 32.2. The van der Waals surface area contributed by atoms with Crippen LogP contribution in [0, 0.1) is 13.8 Å². The van der Waals surface area contributed by atoms with Gasteiger partial charge in [-0.25, -0.2) is 9.71 Å². The second-order valence-electron chi connectivity index (χ2n) is 8.61. The van der Waals surface area contributed by atoms with Gasteiger partial charge in [-0.1, -0.05) is 24.3 Å². The highest BCUT2D eigenvalue weighted by Crippen LogP contribution is 2.30. The fourth-order valence-corrected chi connectivity index (χ4v) is 5.45. The quantitative estimate of drug-likeness (QED) is 0.482. The number of fused-ring (bicyclic) bond motifs is 6. The van der Waals surface area contributed by atoms with Crippen molar-refractivity contribution in [2.24, 2.45) is 0 Å². The number of anilines is 1. The average molecular weight is 480 g/mol. The maximum atomic E-state index is 13.5. The number of ether oxygens (including phenoxy) is 1. The lowest BCUT2D eigenvalue weighted by Gasteiger charge is -2.24. The molecule has 0 radical (unpaired) electrons. The third kappa shape index (κ3) is 4.34. The minimum absolute atomic E-state index is 0.0945. The van der Waals surface area contributed by atoms with Crippen LogP contribution in [0.15, 0.2) is 53.4 Å². The number of hydrogen-bond acceptors (Lipinski definition) is 6. The number of aromatic nitrogens is 2.